The highest BCUT2D eigenvalue weighted by atomic mass is 19.2. The Kier molecular flexibility index (Phi) is 4.33. The summed E-state index contributed by atoms with van der Waals surface area (Å²) in [6.45, 7) is 0. The minimum atomic E-state index is -1.07. The highest BCUT2D eigenvalue weighted by Crippen LogP contribution is 2.19. The second-order valence-electron chi connectivity index (χ2n) is 3.15. The molecule has 0 heterocycles. The number of hydrogen-bond donors (Lipinski definition) is 2. The van der Waals surface area contributed by atoms with Crippen molar-refractivity contribution in [1.29, 1.82) is 0 Å². The lowest BCUT2D eigenvalue weighted by molar-refractivity contribution is -0.138. The van der Waals surface area contributed by atoms with E-state index < -0.39 is 23.6 Å². The highest BCUT2D eigenvalue weighted by molar-refractivity contribution is 5.67. The molecule has 0 aromatic heterocycles. The summed E-state index contributed by atoms with van der Waals surface area (Å²) in [5, 5.41) is 8.63. The van der Waals surface area contributed by atoms with Gasteiger partial charge in [-0.2, -0.15) is 5.48 Å². The van der Waals surface area contributed by atoms with Gasteiger partial charge in [0.1, 0.15) is 0 Å². The molecular weight excluding hydrogens is 220 g/mol. The second kappa shape index (κ2) is 5.53. The maximum absolute atomic E-state index is 12.9. The topological polar surface area (TPSA) is 58.6 Å². The van der Waals surface area contributed by atoms with Crippen LogP contribution in [0.3, 0.4) is 0 Å². The third-order valence-corrected chi connectivity index (χ3v) is 1.98. The van der Waals surface area contributed by atoms with Crippen LogP contribution >= 0.6 is 0 Å². The Hall–Kier alpha value is -1.53. The first-order valence-electron chi connectivity index (χ1n) is 4.50. The molecule has 1 aromatic carbocycles. The van der Waals surface area contributed by atoms with Gasteiger partial charge in [0, 0.05) is 0 Å². The average molecular weight is 231 g/mol. The Bertz CT molecular complexity index is 384. The molecule has 1 aromatic rings. The first kappa shape index (κ1) is 12.5. The van der Waals surface area contributed by atoms with Gasteiger partial charge in [0.15, 0.2) is 11.6 Å². The Morgan fingerprint density at radius 3 is 2.69 bits per heavy atom. The smallest absolute Gasteiger partial charge is 0.305 e. The summed E-state index contributed by atoms with van der Waals surface area (Å²) in [4.78, 5) is 15.1. The molecule has 0 amide bonds. The molecule has 1 rings (SSSR count). The van der Waals surface area contributed by atoms with Crippen molar-refractivity contribution in [3.05, 3.63) is 35.4 Å². The fourth-order valence-corrected chi connectivity index (χ4v) is 1.27. The molecule has 0 aliphatic heterocycles. The Morgan fingerprint density at radius 1 is 1.50 bits per heavy atom. The van der Waals surface area contributed by atoms with Crippen molar-refractivity contribution in [1.82, 2.24) is 5.48 Å². The van der Waals surface area contributed by atoms with Crippen molar-refractivity contribution in [2.24, 2.45) is 0 Å². The Balaban J connectivity index is 2.91. The normalized spacial score (nSPS) is 12.4. The molecule has 0 aliphatic rings. The number of halogens is 2. The minimum Gasteiger partial charge on any atom is -0.481 e. The largest absolute Gasteiger partial charge is 0.481 e. The van der Waals surface area contributed by atoms with Gasteiger partial charge in [0.2, 0.25) is 0 Å². The third-order valence-electron chi connectivity index (χ3n) is 1.98. The van der Waals surface area contributed by atoms with Gasteiger partial charge in [-0.15, -0.1) is 0 Å². The van der Waals surface area contributed by atoms with Crippen molar-refractivity contribution >= 4 is 5.97 Å². The second-order valence-corrected chi connectivity index (χ2v) is 3.15. The van der Waals surface area contributed by atoms with Crippen LogP contribution in [-0.4, -0.2) is 18.2 Å². The summed E-state index contributed by atoms with van der Waals surface area (Å²) in [5.41, 5.74) is 2.72. The van der Waals surface area contributed by atoms with Crippen LogP contribution in [0.15, 0.2) is 18.2 Å². The van der Waals surface area contributed by atoms with Crippen LogP contribution in [0, 0.1) is 11.6 Å². The standard InChI is InChI=1S/C10H11F2NO3/c1-16-13-9(5-10(14)15)6-2-3-7(11)8(12)4-6/h2-4,9,13H,5H2,1H3,(H,14,15). The number of aliphatic carboxylic acids is 1. The Labute approximate surface area is 90.8 Å². The fraction of sp³-hybridized carbons (Fsp3) is 0.300. The quantitative estimate of drug-likeness (QED) is 0.756. The van der Waals surface area contributed by atoms with Crippen molar-refractivity contribution in [3.8, 4) is 0 Å². The number of nitrogens with one attached hydrogen (secondary N) is 1. The third kappa shape index (κ3) is 3.25. The SMILES string of the molecule is CONC(CC(=O)O)c1ccc(F)c(F)c1. The molecule has 0 saturated carbocycles. The molecule has 6 heteroatoms. The molecule has 0 saturated heterocycles. The van der Waals surface area contributed by atoms with Gasteiger partial charge in [0.05, 0.1) is 19.6 Å². The fourth-order valence-electron chi connectivity index (χ4n) is 1.27. The lowest BCUT2D eigenvalue weighted by atomic mass is 10.0. The molecule has 0 bridgehead atoms. The lowest BCUT2D eigenvalue weighted by Crippen LogP contribution is -2.23. The summed E-state index contributed by atoms with van der Waals surface area (Å²) in [6.07, 6.45) is -0.293. The van der Waals surface area contributed by atoms with Gasteiger partial charge in [-0.3, -0.25) is 4.79 Å². The van der Waals surface area contributed by atoms with E-state index in [2.05, 4.69) is 10.3 Å². The van der Waals surface area contributed by atoms with Gasteiger partial charge in [-0.1, -0.05) is 6.07 Å². The molecule has 0 fully saturated rings. The van der Waals surface area contributed by atoms with Crippen LogP contribution in [0.5, 0.6) is 0 Å². The van der Waals surface area contributed by atoms with Crippen molar-refractivity contribution in [3.63, 3.8) is 0 Å². The van der Waals surface area contributed by atoms with Crippen LogP contribution in [0.1, 0.15) is 18.0 Å². The summed E-state index contributed by atoms with van der Waals surface area (Å²) < 4.78 is 25.6. The van der Waals surface area contributed by atoms with Crippen LogP contribution < -0.4 is 5.48 Å². The summed E-state index contributed by atoms with van der Waals surface area (Å²) in [5.74, 6) is -3.07. The molecule has 0 radical (unpaired) electrons. The van der Waals surface area contributed by atoms with E-state index in [0.717, 1.165) is 12.1 Å². The number of carboxylic acid groups (broad SMARTS) is 1. The maximum atomic E-state index is 12.9. The molecule has 16 heavy (non-hydrogen) atoms. The van der Waals surface area contributed by atoms with Gasteiger partial charge >= 0.3 is 5.97 Å². The molecular formula is C10H11F2NO3. The number of carboxylic acids is 1. The predicted octanol–water partition coefficient (Wildman–Crippen LogP) is 1.63. The van der Waals surface area contributed by atoms with E-state index in [1.165, 1.54) is 13.2 Å². The summed E-state index contributed by atoms with van der Waals surface area (Å²) in [6, 6.07) is 2.46. The molecule has 4 nitrogen and oxygen atoms in total. The summed E-state index contributed by atoms with van der Waals surface area (Å²) in [7, 11) is 1.31. The summed E-state index contributed by atoms with van der Waals surface area (Å²) >= 11 is 0. The molecule has 0 spiro atoms. The maximum Gasteiger partial charge on any atom is 0.305 e. The average Bonchev–Trinajstić information content (AvgIpc) is 2.21. The zero-order valence-corrected chi connectivity index (χ0v) is 8.54. The number of benzene rings is 1. The van der Waals surface area contributed by atoms with Crippen molar-refractivity contribution in [2.45, 2.75) is 12.5 Å². The van der Waals surface area contributed by atoms with Crippen LogP contribution in [-0.2, 0) is 9.63 Å². The zero-order chi connectivity index (χ0) is 12.1. The van der Waals surface area contributed by atoms with E-state index in [9.17, 15) is 13.6 Å². The van der Waals surface area contributed by atoms with Crippen molar-refractivity contribution < 1.29 is 23.5 Å². The molecule has 2 N–H and O–H groups in total. The Morgan fingerprint density at radius 2 is 2.19 bits per heavy atom. The van der Waals surface area contributed by atoms with Crippen LogP contribution in [0.4, 0.5) is 8.78 Å². The predicted molar refractivity (Wildman–Crippen MR) is 51.5 cm³/mol. The molecule has 88 valence electrons. The first-order chi connectivity index (χ1) is 7.54. The van der Waals surface area contributed by atoms with Gasteiger partial charge in [0.25, 0.3) is 0 Å². The van der Waals surface area contributed by atoms with Gasteiger partial charge < -0.3 is 9.94 Å². The van der Waals surface area contributed by atoms with Gasteiger partial charge in [-0.25, -0.2) is 8.78 Å². The van der Waals surface area contributed by atoms with E-state index in [4.69, 9.17) is 5.11 Å². The van der Waals surface area contributed by atoms with Crippen molar-refractivity contribution in [2.75, 3.05) is 7.11 Å². The van der Waals surface area contributed by atoms with Crippen LogP contribution in [0.2, 0.25) is 0 Å². The zero-order valence-electron chi connectivity index (χ0n) is 8.54. The van der Waals surface area contributed by atoms with E-state index in [1.54, 1.807) is 0 Å². The highest BCUT2D eigenvalue weighted by Gasteiger charge is 2.16. The van der Waals surface area contributed by atoms with E-state index in [-0.39, 0.29) is 6.42 Å². The lowest BCUT2D eigenvalue weighted by Gasteiger charge is -2.15. The van der Waals surface area contributed by atoms with E-state index in [1.807, 2.05) is 0 Å². The number of hydroxylamine groups is 1. The molecule has 1 atom stereocenters. The molecule has 0 aliphatic carbocycles. The number of carbonyl (C=O) groups is 1. The first-order valence-corrected chi connectivity index (χ1v) is 4.50. The van der Waals surface area contributed by atoms with Crippen LogP contribution in [0.25, 0.3) is 0 Å². The minimum absolute atomic E-state index is 0.293. The van der Waals surface area contributed by atoms with E-state index >= 15 is 0 Å². The van der Waals surface area contributed by atoms with Gasteiger partial charge in [-0.05, 0) is 17.7 Å². The number of rotatable bonds is 5. The van der Waals surface area contributed by atoms with E-state index in [0.29, 0.717) is 5.56 Å². The molecule has 1 unspecified atom stereocenters. The number of hydrogen-bond acceptors (Lipinski definition) is 3. The monoisotopic (exact) mass is 231 g/mol.